The average Bonchev–Trinajstić information content (AvgIpc) is 2.69. The predicted molar refractivity (Wildman–Crippen MR) is 57.7 cm³/mol. The van der Waals surface area contributed by atoms with Gasteiger partial charge in [0.05, 0.1) is 11.9 Å². The predicted octanol–water partition coefficient (Wildman–Crippen LogP) is 2.65. The van der Waals surface area contributed by atoms with Gasteiger partial charge in [0, 0.05) is 13.2 Å². The Morgan fingerprint density at radius 2 is 1.87 bits per heavy atom. The van der Waals surface area contributed by atoms with E-state index >= 15 is 0 Å². The number of aryl methyl sites for hydroxylation is 1. The maximum Gasteiger partial charge on any atom is 0.141 e. The number of aromatic nitrogens is 3. The van der Waals surface area contributed by atoms with Crippen LogP contribution in [-0.4, -0.2) is 14.8 Å². The molecule has 0 radical (unpaired) electrons. The van der Waals surface area contributed by atoms with Crippen LogP contribution in [0.3, 0.4) is 0 Å². The van der Waals surface area contributed by atoms with Crippen molar-refractivity contribution in [3.8, 4) is 11.4 Å². The molecule has 0 unspecified atom stereocenters. The average molecular weight is 207 g/mol. The van der Waals surface area contributed by atoms with E-state index in [0.717, 1.165) is 5.69 Å². The number of hydrogen-bond donors (Lipinski definition) is 0. The normalized spacial score (nSPS) is 9.33. The summed E-state index contributed by atoms with van der Waals surface area (Å²) in [6, 6.07) is 4.81. The highest BCUT2D eigenvalue weighted by Crippen LogP contribution is 2.12. The molecule has 4 heteroatoms. The molecule has 0 aliphatic heterocycles. The summed E-state index contributed by atoms with van der Waals surface area (Å²) >= 11 is 0. The van der Waals surface area contributed by atoms with E-state index in [4.69, 9.17) is 0 Å². The second-order valence-corrected chi connectivity index (χ2v) is 2.74. The van der Waals surface area contributed by atoms with Crippen molar-refractivity contribution in [3.63, 3.8) is 0 Å². The number of rotatable bonds is 1. The minimum atomic E-state index is -0.334. The number of halogens is 1. The van der Waals surface area contributed by atoms with E-state index in [2.05, 4.69) is 10.1 Å². The van der Waals surface area contributed by atoms with Crippen molar-refractivity contribution in [1.29, 1.82) is 0 Å². The molecule has 3 nitrogen and oxygen atoms in total. The molecular formula is C11H14FN3. The molecule has 0 N–H and O–H groups in total. The summed E-state index contributed by atoms with van der Waals surface area (Å²) in [4.78, 5) is 3.91. The highest BCUT2D eigenvalue weighted by Gasteiger charge is 2.01. The van der Waals surface area contributed by atoms with Gasteiger partial charge in [-0.25, -0.2) is 4.39 Å². The topological polar surface area (TPSA) is 30.7 Å². The molecule has 0 aliphatic rings. The number of nitrogens with zero attached hydrogens (tertiary/aromatic N) is 3. The third-order valence-electron chi connectivity index (χ3n) is 1.70. The Bertz CT molecular complexity index is 406. The van der Waals surface area contributed by atoms with Crippen molar-refractivity contribution < 1.29 is 4.39 Å². The smallest absolute Gasteiger partial charge is 0.141 e. The van der Waals surface area contributed by atoms with E-state index < -0.39 is 0 Å². The lowest BCUT2D eigenvalue weighted by Gasteiger charge is -1.94. The van der Waals surface area contributed by atoms with E-state index in [-0.39, 0.29) is 5.82 Å². The summed E-state index contributed by atoms with van der Waals surface area (Å²) in [5.41, 5.74) is 1.43. The highest BCUT2D eigenvalue weighted by molar-refractivity contribution is 5.52. The van der Waals surface area contributed by atoms with Gasteiger partial charge in [0.2, 0.25) is 0 Å². The van der Waals surface area contributed by atoms with Crippen LogP contribution >= 0.6 is 0 Å². The summed E-state index contributed by atoms with van der Waals surface area (Å²) in [5, 5.41) is 4.14. The Kier molecular flexibility index (Phi) is 3.97. The Morgan fingerprint density at radius 1 is 1.13 bits per heavy atom. The van der Waals surface area contributed by atoms with Crippen LogP contribution in [-0.2, 0) is 7.05 Å². The molecule has 0 aromatic carbocycles. The lowest BCUT2D eigenvalue weighted by Crippen LogP contribution is -1.89. The van der Waals surface area contributed by atoms with Crippen molar-refractivity contribution in [2.75, 3.05) is 0 Å². The van der Waals surface area contributed by atoms with Gasteiger partial charge < -0.3 is 0 Å². The summed E-state index contributed by atoms with van der Waals surface area (Å²) in [6.45, 7) is 4.00. The zero-order valence-electron chi connectivity index (χ0n) is 9.11. The zero-order valence-corrected chi connectivity index (χ0v) is 9.11. The van der Waals surface area contributed by atoms with E-state index in [9.17, 15) is 4.39 Å². The molecule has 2 aromatic rings. The van der Waals surface area contributed by atoms with Gasteiger partial charge in [0.25, 0.3) is 0 Å². The lowest BCUT2D eigenvalue weighted by atomic mass is 10.3. The molecule has 0 fully saturated rings. The van der Waals surface area contributed by atoms with Crippen LogP contribution in [0.15, 0.2) is 30.6 Å². The summed E-state index contributed by atoms with van der Waals surface area (Å²) in [7, 11) is 1.83. The molecule has 2 rings (SSSR count). The first-order valence-electron chi connectivity index (χ1n) is 4.87. The van der Waals surface area contributed by atoms with Crippen molar-refractivity contribution in [2.24, 2.45) is 7.05 Å². The maximum absolute atomic E-state index is 12.5. The summed E-state index contributed by atoms with van der Waals surface area (Å²) in [5.74, 6) is -0.334. The van der Waals surface area contributed by atoms with Crippen LogP contribution in [0, 0.1) is 5.82 Å². The van der Waals surface area contributed by atoms with Crippen LogP contribution in [0.2, 0.25) is 0 Å². The molecule has 0 atom stereocenters. The summed E-state index contributed by atoms with van der Waals surface area (Å²) < 4.78 is 14.2. The quantitative estimate of drug-likeness (QED) is 0.719. The fourth-order valence-electron chi connectivity index (χ4n) is 1.08. The molecule has 0 amide bonds. The Labute approximate surface area is 88.6 Å². The molecule has 0 saturated carbocycles. The fourth-order valence-corrected chi connectivity index (χ4v) is 1.08. The first kappa shape index (κ1) is 11.4. The number of pyridine rings is 1. The number of hydrogen-bond acceptors (Lipinski definition) is 2. The monoisotopic (exact) mass is 207 g/mol. The van der Waals surface area contributed by atoms with Crippen molar-refractivity contribution in [3.05, 3.63) is 36.4 Å². The lowest BCUT2D eigenvalue weighted by molar-refractivity contribution is 0.621. The van der Waals surface area contributed by atoms with Gasteiger partial charge in [-0.15, -0.1) is 0 Å². The standard InChI is InChI=1S/C9H8FN3.C2H6/c1-13-5-4-9(12-13)8-3-2-7(10)6-11-8;1-2/h2-6H,1H3;1-2H3. The summed E-state index contributed by atoms with van der Waals surface area (Å²) in [6.07, 6.45) is 3.00. The van der Waals surface area contributed by atoms with E-state index in [1.54, 1.807) is 10.7 Å². The fraction of sp³-hybridized carbons (Fsp3) is 0.273. The largest absolute Gasteiger partial charge is 0.275 e. The van der Waals surface area contributed by atoms with Crippen LogP contribution in [0.25, 0.3) is 11.4 Å². The zero-order chi connectivity index (χ0) is 11.3. The van der Waals surface area contributed by atoms with Gasteiger partial charge in [-0.1, -0.05) is 13.8 Å². The van der Waals surface area contributed by atoms with Crippen molar-refractivity contribution in [2.45, 2.75) is 13.8 Å². The molecule has 2 aromatic heterocycles. The van der Waals surface area contributed by atoms with Gasteiger partial charge >= 0.3 is 0 Å². The van der Waals surface area contributed by atoms with Crippen molar-refractivity contribution >= 4 is 0 Å². The second kappa shape index (κ2) is 5.24. The molecular weight excluding hydrogens is 193 g/mol. The molecule has 2 heterocycles. The van der Waals surface area contributed by atoms with Crippen molar-refractivity contribution in [1.82, 2.24) is 14.8 Å². The van der Waals surface area contributed by atoms with Crippen LogP contribution in [0.1, 0.15) is 13.8 Å². The van der Waals surface area contributed by atoms with Crippen LogP contribution < -0.4 is 0 Å². The maximum atomic E-state index is 12.5. The first-order valence-corrected chi connectivity index (χ1v) is 4.87. The van der Waals surface area contributed by atoms with Gasteiger partial charge in [-0.3, -0.25) is 9.67 Å². The third kappa shape index (κ3) is 2.87. The second-order valence-electron chi connectivity index (χ2n) is 2.74. The van der Waals surface area contributed by atoms with Gasteiger partial charge in [0.1, 0.15) is 11.5 Å². The van der Waals surface area contributed by atoms with Gasteiger partial charge in [0.15, 0.2) is 0 Å². The first-order chi connectivity index (χ1) is 7.25. The molecule has 80 valence electrons. The van der Waals surface area contributed by atoms with E-state index in [0.29, 0.717) is 5.69 Å². The highest BCUT2D eigenvalue weighted by atomic mass is 19.1. The molecule has 0 spiro atoms. The molecule has 0 bridgehead atoms. The molecule has 0 saturated heterocycles. The minimum absolute atomic E-state index is 0.334. The van der Waals surface area contributed by atoms with E-state index in [1.807, 2.05) is 33.2 Å². The van der Waals surface area contributed by atoms with Crippen LogP contribution in [0.4, 0.5) is 4.39 Å². The molecule has 0 aliphatic carbocycles. The minimum Gasteiger partial charge on any atom is -0.275 e. The Hall–Kier alpha value is -1.71. The third-order valence-corrected chi connectivity index (χ3v) is 1.70. The van der Waals surface area contributed by atoms with Gasteiger partial charge in [-0.2, -0.15) is 5.10 Å². The van der Waals surface area contributed by atoms with Gasteiger partial charge in [-0.05, 0) is 18.2 Å². The Morgan fingerprint density at radius 3 is 2.33 bits per heavy atom. The molecule has 15 heavy (non-hydrogen) atoms. The van der Waals surface area contributed by atoms with E-state index in [1.165, 1.54) is 12.3 Å². The Balaban J connectivity index is 0.000000531. The SMILES string of the molecule is CC.Cn1ccc(-c2ccc(F)cn2)n1. The van der Waals surface area contributed by atoms with Crippen LogP contribution in [0.5, 0.6) is 0 Å².